The number of rotatable bonds is 3. The molecule has 7 heteroatoms. The third kappa shape index (κ3) is 3.62. The van der Waals surface area contributed by atoms with Crippen molar-refractivity contribution >= 4 is 29.3 Å². The zero-order chi connectivity index (χ0) is 16.5. The van der Waals surface area contributed by atoms with Crippen LogP contribution in [-0.2, 0) is 9.53 Å². The zero-order valence-electron chi connectivity index (χ0n) is 12.9. The molecule has 1 heterocycles. The minimum Gasteiger partial charge on any atom is -0.444 e. The fourth-order valence-electron chi connectivity index (χ4n) is 2.17. The van der Waals surface area contributed by atoms with E-state index in [0.29, 0.717) is 10.7 Å². The van der Waals surface area contributed by atoms with Crippen molar-refractivity contribution in [3.8, 4) is 0 Å². The van der Waals surface area contributed by atoms with Gasteiger partial charge in [-0.2, -0.15) is 0 Å². The van der Waals surface area contributed by atoms with Crippen molar-refractivity contribution in [1.82, 2.24) is 4.90 Å². The van der Waals surface area contributed by atoms with Crippen molar-refractivity contribution < 1.29 is 14.3 Å². The Labute approximate surface area is 134 Å². The Balaban J connectivity index is 2.03. The molecule has 1 fully saturated rings. The van der Waals surface area contributed by atoms with Crippen LogP contribution < -0.4 is 11.1 Å². The van der Waals surface area contributed by atoms with E-state index in [-0.39, 0.29) is 13.1 Å². The van der Waals surface area contributed by atoms with Gasteiger partial charge in [-0.1, -0.05) is 11.6 Å². The second-order valence-electron chi connectivity index (χ2n) is 6.41. The molecule has 120 valence electrons. The highest BCUT2D eigenvalue weighted by Gasteiger charge is 2.51. The number of nitrogens with two attached hydrogens (primary N) is 1. The second-order valence-corrected chi connectivity index (χ2v) is 6.85. The minimum absolute atomic E-state index is 0.167. The molecule has 2 rings (SSSR count). The molecule has 6 nitrogen and oxygen atoms in total. The summed E-state index contributed by atoms with van der Waals surface area (Å²) in [6, 6.07) is 6.93. The molecular weight excluding hydrogens is 306 g/mol. The number of amides is 2. The Morgan fingerprint density at radius 3 is 2.27 bits per heavy atom. The van der Waals surface area contributed by atoms with Gasteiger partial charge in [0, 0.05) is 10.7 Å². The molecule has 1 saturated heterocycles. The second kappa shape index (κ2) is 5.68. The fourth-order valence-corrected chi connectivity index (χ4v) is 2.29. The van der Waals surface area contributed by atoms with E-state index in [4.69, 9.17) is 22.1 Å². The van der Waals surface area contributed by atoms with Crippen LogP contribution in [0.2, 0.25) is 5.02 Å². The lowest BCUT2D eigenvalue weighted by molar-refractivity contribution is -0.127. The van der Waals surface area contributed by atoms with Crippen molar-refractivity contribution in [3.63, 3.8) is 0 Å². The van der Waals surface area contributed by atoms with Crippen LogP contribution in [0, 0.1) is 0 Å². The predicted molar refractivity (Wildman–Crippen MR) is 84.8 cm³/mol. The van der Waals surface area contributed by atoms with Gasteiger partial charge in [-0.05, 0) is 45.0 Å². The van der Waals surface area contributed by atoms with E-state index in [1.54, 1.807) is 45.0 Å². The summed E-state index contributed by atoms with van der Waals surface area (Å²) in [4.78, 5) is 25.2. The van der Waals surface area contributed by atoms with Crippen LogP contribution in [0.4, 0.5) is 10.5 Å². The van der Waals surface area contributed by atoms with Gasteiger partial charge in [0.1, 0.15) is 5.60 Å². The maximum Gasteiger partial charge on any atom is 0.410 e. The molecule has 2 amide bonds. The molecule has 0 saturated carbocycles. The Morgan fingerprint density at radius 2 is 1.82 bits per heavy atom. The van der Waals surface area contributed by atoms with Crippen LogP contribution >= 0.6 is 11.6 Å². The molecule has 0 bridgehead atoms. The summed E-state index contributed by atoms with van der Waals surface area (Å²) in [5.41, 5.74) is 4.65. The van der Waals surface area contributed by atoms with Crippen molar-refractivity contribution in [2.45, 2.75) is 31.9 Å². The van der Waals surface area contributed by atoms with Crippen molar-refractivity contribution in [3.05, 3.63) is 29.3 Å². The summed E-state index contributed by atoms with van der Waals surface area (Å²) in [6.45, 7) is 5.70. The van der Waals surface area contributed by atoms with E-state index >= 15 is 0 Å². The first-order chi connectivity index (χ1) is 10.1. The van der Waals surface area contributed by atoms with Crippen LogP contribution in [0.1, 0.15) is 20.8 Å². The predicted octanol–water partition coefficient (Wildman–Crippen LogP) is 2.23. The number of anilines is 1. The molecular formula is C15H20ClN3O3. The molecule has 0 atom stereocenters. The largest absolute Gasteiger partial charge is 0.444 e. The Hall–Kier alpha value is -1.95. The first-order valence-corrected chi connectivity index (χ1v) is 7.31. The molecule has 0 aromatic heterocycles. The average Bonchev–Trinajstić information content (AvgIpc) is 2.32. The average molecular weight is 326 g/mol. The van der Waals surface area contributed by atoms with Gasteiger partial charge < -0.3 is 20.7 Å². The van der Waals surface area contributed by atoms with E-state index in [9.17, 15) is 9.59 Å². The molecule has 1 aliphatic heterocycles. The van der Waals surface area contributed by atoms with E-state index in [2.05, 4.69) is 5.32 Å². The lowest BCUT2D eigenvalue weighted by atomic mass is 9.89. The Bertz CT molecular complexity index is 575. The normalized spacial score (nSPS) is 16.6. The number of halogens is 1. The summed E-state index contributed by atoms with van der Waals surface area (Å²) >= 11 is 5.83. The molecule has 1 aromatic rings. The summed E-state index contributed by atoms with van der Waals surface area (Å²) in [5, 5.41) is 3.68. The molecule has 0 unspecified atom stereocenters. The van der Waals surface area contributed by atoms with Gasteiger partial charge >= 0.3 is 6.09 Å². The minimum atomic E-state index is -0.981. The van der Waals surface area contributed by atoms with Gasteiger partial charge in [-0.15, -0.1) is 0 Å². The van der Waals surface area contributed by atoms with Crippen molar-refractivity contribution in [2.75, 3.05) is 18.4 Å². The van der Waals surface area contributed by atoms with Gasteiger partial charge in [0.2, 0.25) is 5.91 Å². The number of hydrogen-bond donors (Lipinski definition) is 2. The number of hydrogen-bond acceptors (Lipinski definition) is 4. The monoisotopic (exact) mass is 325 g/mol. The van der Waals surface area contributed by atoms with Crippen molar-refractivity contribution in [1.29, 1.82) is 0 Å². The SMILES string of the molecule is CC(C)(C)OC(=O)N1CC(Nc2ccc(Cl)cc2)(C(N)=O)C1. The third-order valence-corrected chi connectivity index (χ3v) is 3.52. The lowest BCUT2D eigenvalue weighted by Gasteiger charge is -2.48. The summed E-state index contributed by atoms with van der Waals surface area (Å²) in [6.07, 6.45) is -0.456. The number of likely N-dealkylation sites (tertiary alicyclic amines) is 1. The highest BCUT2D eigenvalue weighted by Crippen LogP contribution is 2.28. The van der Waals surface area contributed by atoms with Crippen LogP contribution in [0.15, 0.2) is 24.3 Å². The zero-order valence-corrected chi connectivity index (χ0v) is 13.6. The first-order valence-electron chi connectivity index (χ1n) is 6.93. The Morgan fingerprint density at radius 1 is 1.27 bits per heavy atom. The van der Waals surface area contributed by atoms with E-state index < -0.39 is 23.1 Å². The molecule has 0 spiro atoms. The molecule has 1 aromatic carbocycles. The standard InChI is InChI=1S/C15H20ClN3O3/c1-14(2,3)22-13(21)19-8-15(9-19,12(17)20)18-11-6-4-10(16)5-7-11/h4-7,18H,8-9H2,1-3H3,(H2,17,20). The maximum absolute atomic E-state index is 12.0. The van der Waals surface area contributed by atoms with Gasteiger partial charge in [0.25, 0.3) is 0 Å². The van der Waals surface area contributed by atoms with E-state index in [1.165, 1.54) is 4.90 Å². The molecule has 0 radical (unpaired) electrons. The lowest BCUT2D eigenvalue weighted by Crippen LogP contribution is -2.73. The topological polar surface area (TPSA) is 84.7 Å². The molecule has 22 heavy (non-hydrogen) atoms. The highest BCUT2D eigenvalue weighted by molar-refractivity contribution is 6.30. The number of carbonyl (C=O) groups excluding carboxylic acids is 2. The van der Waals surface area contributed by atoms with Gasteiger partial charge in [-0.3, -0.25) is 4.79 Å². The van der Waals surface area contributed by atoms with Gasteiger partial charge in [0.15, 0.2) is 5.54 Å². The van der Waals surface area contributed by atoms with E-state index in [0.717, 1.165) is 0 Å². The number of primary amides is 1. The summed E-state index contributed by atoms with van der Waals surface area (Å²) in [7, 11) is 0. The first kappa shape index (κ1) is 16.4. The van der Waals surface area contributed by atoms with E-state index in [1.807, 2.05) is 0 Å². The van der Waals surface area contributed by atoms with Crippen LogP contribution in [0.25, 0.3) is 0 Å². The Kier molecular flexibility index (Phi) is 4.24. The molecule has 3 N–H and O–H groups in total. The quantitative estimate of drug-likeness (QED) is 0.892. The number of nitrogens with zero attached hydrogens (tertiary/aromatic N) is 1. The third-order valence-electron chi connectivity index (χ3n) is 3.27. The summed E-state index contributed by atoms with van der Waals surface area (Å²) in [5.74, 6) is -0.512. The number of carbonyl (C=O) groups is 2. The molecule has 1 aliphatic rings. The van der Waals surface area contributed by atoms with Gasteiger partial charge in [-0.25, -0.2) is 4.79 Å². The van der Waals surface area contributed by atoms with Gasteiger partial charge in [0.05, 0.1) is 13.1 Å². The highest BCUT2D eigenvalue weighted by atomic mass is 35.5. The van der Waals surface area contributed by atoms with Crippen LogP contribution in [0.5, 0.6) is 0 Å². The number of ether oxygens (including phenoxy) is 1. The van der Waals surface area contributed by atoms with Crippen LogP contribution in [-0.4, -0.2) is 41.1 Å². The summed E-state index contributed by atoms with van der Waals surface area (Å²) < 4.78 is 5.27. The maximum atomic E-state index is 12.0. The fraction of sp³-hybridized carbons (Fsp3) is 0.467. The van der Waals surface area contributed by atoms with Crippen molar-refractivity contribution in [2.24, 2.45) is 5.73 Å². The van der Waals surface area contributed by atoms with Crippen LogP contribution in [0.3, 0.4) is 0 Å². The molecule has 0 aliphatic carbocycles. The number of benzene rings is 1. The number of nitrogens with one attached hydrogen (secondary N) is 1. The smallest absolute Gasteiger partial charge is 0.410 e.